The summed E-state index contributed by atoms with van der Waals surface area (Å²) in [7, 11) is 0. The summed E-state index contributed by atoms with van der Waals surface area (Å²) < 4.78 is 0. The zero-order valence-corrected chi connectivity index (χ0v) is 27.8. The molecule has 0 atom stereocenters. The van der Waals surface area contributed by atoms with Crippen LogP contribution in [0.5, 0.6) is 0 Å². The first-order valence-electron chi connectivity index (χ1n) is 17.0. The summed E-state index contributed by atoms with van der Waals surface area (Å²) in [5, 5.41) is 5.04. The topological polar surface area (TPSA) is 3.24 Å². The molecule has 1 heteroatoms. The first kappa shape index (κ1) is 30.2. The third-order valence-corrected chi connectivity index (χ3v) is 9.55. The van der Waals surface area contributed by atoms with E-state index >= 15 is 0 Å². The number of fused-ring (bicyclic) bond motifs is 2. The lowest BCUT2D eigenvalue weighted by atomic mass is 9.95. The summed E-state index contributed by atoms with van der Waals surface area (Å²) in [6.45, 7) is 4.26. The van der Waals surface area contributed by atoms with Gasteiger partial charge in [0.05, 0.1) is 0 Å². The fraction of sp³-hybridized carbons (Fsp3) is 0.0417. The van der Waals surface area contributed by atoms with Crippen LogP contribution in [0.2, 0.25) is 0 Å². The van der Waals surface area contributed by atoms with Crippen molar-refractivity contribution < 1.29 is 0 Å². The Morgan fingerprint density at radius 1 is 0.388 bits per heavy atom. The van der Waals surface area contributed by atoms with Gasteiger partial charge in [0.15, 0.2) is 0 Å². The molecule has 0 aromatic heterocycles. The van der Waals surface area contributed by atoms with Gasteiger partial charge in [0.1, 0.15) is 0 Å². The Balaban J connectivity index is 1.21. The first-order chi connectivity index (χ1) is 24.2. The van der Waals surface area contributed by atoms with E-state index in [4.69, 9.17) is 0 Å². The van der Waals surface area contributed by atoms with Crippen LogP contribution >= 0.6 is 0 Å². The molecule has 0 unspecified atom stereocenters. The van der Waals surface area contributed by atoms with Gasteiger partial charge in [-0.2, -0.15) is 0 Å². The van der Waals surface area contributed by atoms with Crippen LogP contribution < -0.4 is 4.90 Å². The highest BCUT2D eigenvalue weighted by atomic mass is 15.1. The molecule has 0 saturated heterocycles. The van der Waals surface area contributed by atoms with Crippen LogP contribution in [-0.2, 0) is 0 Å². The maximum Gasteiger partial charge on any atom is 0.0462 e. The highest BCUT2D eigenvalue weighted by Crippen LogP contribution is 2.39. The van der Waals surface area contributed by atoms with Gasteiger partial charge in [0.25, 0.3) is 0 Å². The highest BCUT2D eigenvalue weighted by Gasteiger charge is 2.15. The van der Waals surface area contributed by atoms with E-state index in [1.54, 1.807) is 0 Å². The monoisotopic (exact) mass is 627 g/mol. The Kier molecular flexibility index (Phi) is 8.09. The molecule has 0 radical (unpaired) electrons. The van der Waals surface area contributed by atoms with Gasteiger partial charge in [0.2, 0.25) is 0 Å². The lowest BCUT2D eigenvalue weighted by Crippen LogP contribution is -2.09. The van der Waals surface area contributed by atoms with Crippen molar-refractivity contribution in [3.8, 4) is 33.4 Å². The van der Waals surface area contributed by atoms with Crippen molar-refractivity contribution in [1.82, 2.24) is 0 Å². The molecule has 1 nitrogen and oxygen atoms in total. The molecule has 0 spiro atoms. The number of hydrogen-bond donors (Lipinski definition) is 0. The highest BCUT2D eigenvalue weighted by molar-refractivity contribution is 5.98. The molecule has 0 N–H and O–H groups in total. The molecule has 234 valence electrons. The minimum absolute atomic E-state index is 1.11. The smallest absolute Gasteiger partial charge is 0.0462 e. The zero-order valence-electron chi connectivity index (χ0n) is 27.8. The summed E-state index contributed by atoms with van der Waals surface area (Å²) >= 11 is 0. The van der Waals surface area contributed by atoms with Crippen LogP contribution in [0.1, 0.15) is 18.1 Å². The fourth-order valence-electron chi connectivity index (χ4n) is 7.09. The van der Waals surface area contributed by atoms with Crippen LogP contribution in [0, 0.1) is 6.92 Å². The lowest BCUT2D eigenvalue weighted by molar-refractivity contribution is 1.28. The number of anilines is 3. The van der Waals surface area contributed by atoms with E-state index in [0.29, 0.717) is 0 Å². The van der Waals surface area contributed by atoms with Gasteiger partial charge in [-0.25, -0.2) is 0 Å². The molecule has 8 aromatic rings. The lowest BCUT2D eigenvalue weighted by Gasteiger charge is -2.26. The Morgan fingerprint density at radius 2 is 0.776 bits per heavy atom. The number of nitrogens with zero attached hydrogens (tertiary/aromatic N) is 1. The van der Waals surface area contributed by atoms with E-state index in [2.05, 4.69) is 207 Å². The number of rotatable bonds is 7. The third kappa shape index (κ3) is 5.81. The number of aryl methyl sites for hydroxylation is 1. The van der Waals surface area contributed by atoms with Gasteiger partial charge < -0.3 is 4.90 Å². The van der Waals surface area contributed by atoms with Gasteiger partial charge in [0, 0.05) is 17.1 Å². The second-order valence-electron chi connectivity index (χ2n) is 12.6. The molecule has 0 aliphatic heterocycles. The summed E-state index contributed by atoms with van der Waals surface area (Å²) in [5.41, 5.74) is 13.2. The van der Waals surface area contributed by atoms with Crippen molar-refractivity contribution in [2.75, 3.05) is 4.90 Å². The summed E-state index contributed by atoms with van der Waals surface area (Å²) in [4.78, 5) is 2.35. The standard InChI is InChI=1S/C48H37N/c1-3-11-43-34(2)12-8-19-44(43)37-22-28-40(29-23-37)49(41-30-24-38(25-31-41)47-20-9-15-35-13-4-6-17-45(35)47)42-32-26-39(27-33-42)48-21-10-16-36-14-5-7-18-46(36)48/h3-33H,1-2H3/b11-3-. The Hall–Kier alpha value is -6.18. The van der Waals surface area contributed by atoms with Gasteiger partial charge in [-0.15, -0.1) is 0 Å². The van der Waals surface area contributed by atoms with Crippen molar-refractivity contribution >= 4 is 44.7 Å². The number of allylic oxidation sites excluding steroid dienone is 1. The third-order valence-electron chi connectivity index (χ3n) is 9.55. The first-order valence-corrected chi connectivity index (χ1v) is 17.0. The average Bonchev–Trinajstić information content (AvgIpc) is 3.16. The summed E-state index contributed by atoms with van der Waals surface area (Å²) in [5.74, 6) is 0. The quantitative estimate of drug-likeness (QED) is 0.170. The molecular weight excluding hydrogens is 591 g/mol. The van der Waals surface area contributed by atoms with Gasteiger partial charge in [-0.05, 0) is 116 Å². The molecule has 49 heavy (non-hydrogen) atoms. The number of benzene rings is 8. The molecule has 0 aliphatic carbocycles. The van der Waals surface area contributed by atoms with E-state index in [0.717, 1.165) is 17.1 Å². The van der Waals surface area contributed by atoms with Crippen molar-refractivity contribution in [3.63, 3.8) is 0 Å². The van der Waals surface area contributed by atoms with Gasteiger partial charge in [-0.1, -0.05) is 152 Å². The maximum atomic E-state index is 2.35. The maximum absolute atomic E-state index is 2.35. The van der Waals surface area contributed by atoms with E-state index in [1.165, 1.54) is 66.1 Å². The normalized spacial score (nSPS) is 11.4. The van der Waals surface area contributed by atoms with Crippen molar-refractivity contribution in [2.24, 2.45) is 0 Å². The van der Waals surface area contributed by atoms with E-state index in [9.17, 15) is 0 Å². The summed E-state index contributed by atoms with van der Waals surface area (Å²) in [6, 6.07) is 63.8. The number of hydrogen-bond acceptors (Lipinski definition) is 1. The van der Waals surface area contributed by atoms with Crippen LogP contribution in [0.4, 0.5) is 17.1 Å². The Labute approximate surface area is 289 Å². The zero-order chi connectivity index (χ0) is 33.2. The minimum atomic E-state index is 1.11. The molecule has 0 amide bonds. The SMILES string of the molecule is C/C=C\c1c(C)cccc1-c1ccc(N(c2ccc(-c3cccc4ccccc34)cc2)c2ccc(-c3cccc4ccccc34)cc2)cc1. The molecule has 0 fully saturated rings. The second kappa shape index (κ2) is 13.1. The predicted octanol–water partition coefficient (Wildman–Crippen LogP) is 13.8. The Morgan fingerprint density at radius 3 is 1.24 bits per heavy atom. The molecule has 0 saturated carbocycles. The van der Waals surface area contributed by atoms with Gasteiger partial charge >= 0.3 is 0 Å². The molecule has 0 bridgehead atoms. The Bertz CT molecular complexity index is 2300. The van der Waals surface area contributed by atoms with E-state index in [1.807, 2.05) is 0 Å². The van der Waals surface area contributed by atoms with Crippen LogP contribution in [0.25, 0.3) is 61.0 Å². The van der Waals surface area contributed by atoms with Crippen LogP contribution in [0.15, 0.2) is 182 Å². The molecule has 0 heterocycles. The fourth-order valence-corrected chi connectivity index (χ4v) is 7.09. The van der Waals surface area contributed by atoms with E-state index < -0.39 is 0 Å². The van der Waals surface area contributed by atoms with Crippen molar-refractivity contribution in [3.05, 3.63) is 193 Å². The van der Waals surface area contributed by atoms with Crippen LogP contribution in [0.3, 0.4) is 0 Å². The molecule has 8 rings (SSSR count). The molecular formula is C48H37N. The molecule has 8 aromatic carbocycles. The average molecular weight is 628 g/mol. The summed E-state index contributed by atoms with van der Waals surface area (Å²) in [6.07, 6.45) is 4.33. The van der Waals surface area contributed by atoms with Gasteiger partial charge in [-0.3, -0.25) is 0 Å². The largest absolute Gasteiger partial charge is 0.311 e. The molecule has 0 aliphatic rings. The minimum Gasteiger partial charge on any atom is -0.311 e. The van der Waals surface area contributed by atoms with Crippen molar-refractivity contribution in [2.45, 2.75) is 13.8 Å². The van der Waals surface area contributed by atoms with E-state index in [-0.39, 0.29) is 0 Å². The van der Waals surface area contributed by atoms with Crippen LogP contribution in [-0.4, -0.2) is 0 Å². The predicted molar refractivity (Wildman–Crippen MR) is 212 cm³/mol. The van der Waals surface area contributed by atoms with Crippen molar-refractivity contribution in [1.29, 1.82) is 0 Å². The second-order valence-corrected chi connectivity index (χ2v) is 12.6.